The normalized spacial score (nSPS) is 13.3. The third-order valence-electron chi connectivity index (χ3n) is 4.78. The lowest BCUT2D eigenvalue weighted by molar-refractivity contribution is -0.142. The van der Waals surface area contributed by atoms with Crippen LogP contribution < -0.4 is 5.32 Å². The fourth-order valence-electron chi connectivity index (χ4n) is 2.79. The van der Waals surface area contributed by atoms with Crippen LogP contribution in [0.5, 0.6) is 0 Å². The number of carbonyl (C=O) groups is 1. The number of anilines is 1. The van der Waals surface area contributed by atoms with Crippen molar-refractivity contribution in [2.75, 3.05) is 11.1 Å². The highest BCUT2D eigenvalue weighted by atomic mass is 32.2. The molecule has 0 spiro atoms. The van der Waals surface area contributed by atoms with Crippen molar-refractivity contribution >= 4 is 21.3 Å². The van der Waals surface area contributed by atoms with Crippen LogP contribution in [0.1, 0.15) is 36.8 Å². The maximum atomic E-state index is 13.0. The van der Waals surface area contributed by atoms with Gasteiger partial charge in [0.2, 0.25) is 0 Å². The second kappa shape index (κ2) is 10.2. The number of Topliss-reactive ketones (excluding diaryl/α,β-unsaturated/α-hetero) is 1. The van der Waals surface area contributed by atoms with E-state index in [0.717, 1.165) is 4.68 Å². The largest absolute Gasteiger partial charge is 0.408 e. The maximum absolute atomic E-state index is 13.0. The highest BCUT2D eigenvalue weighted by molar-refractivity contribution is 7.95. The summed E-state index contributed by atoms with van der Waals surface area (Å²) in [6.07, 6.45) is 5.00. The van der Waals surface area contributed by atoms with Crippen molar-refractivity contribution in [1.29, 1.82) is 0 Å². The molecule has 0 aromatic carbocycles. The predicted molar refractivity (Wildman–Crippen MR) is 120 cm³/mol. The van der Waals surface area contributed by atoms with Crippen LogP contribution in [-0.2, 0) is 21.8 Å². The van der Waals surface area contributed by atoms with E-state index < -0.39 is 28.0 Å². The van der Waals surface area contributed by atoms with Crippen LogP contribution in [0.15, 0.2) is 66.6 Å². The van der Waals surface area contributed by atoms with Crippen LogP contribution in [-0.4, -0.2) is 40.9 Å². The van der Waals surface area contributed by atoms with Gasteiger partial charge in [0.15, 0.2) is 15.6 Å². The summed E-state index contributed by atoms with van der Waals surface area (Å²) in [5.74, 6) is -0.443. The van der Waals surface area contributed by atoms with Gasteiger partial charge in [-0.2, -0.15) is 18.3 Å². The summed E-state index contributed by atoms with van der Waals surface area (Å²) in [5.41, 5.74) is -0.184. The molecule has 7 nitrogen and oxygen atoms in total. The number of sulfone groups is 1. The number of carbonyl (C=O) groups excluding carboxylic acids is 1. The second-order valence-electron chi connectivity index (χ2n) is 7.61. The van der Waals surface area contributed by atoms with Crippen LogP contribution in [0.3, 0.4) is 0 Å². The molecular weight excluding hydrogens is 457 g/mol. The average molecular weight is 483 g/mol. The molecule has 33 heavy (non-hydrogen) atoms. The molecule has 2 aromatic heterocycles. The molecule has 2 heterocycles. The Morgan fingerprint density at radius 3 is 2.48 bits per heavy atom. The molecule has 1 N–H and O–H groups in total. The minimum Gasteiger partial charge on any atom is -0.360 e. The fraction of sp³-hybridized carbons (Fsp3) is 0.318. The van der Waals surface area contributed by atoms with Crippen molar-refractivity contribution in [3.63, 3.8) is 0 Å². The van der Waals surface area contributed by atoms with Gasteiger partial charge >= 0.3 is 6.18 Å². The summed E-state index contributed by atoms with van der Waals surface area (Å²) in [5, 5.41) is 6.57. The van der Waals surface area contributed by atoms with E-state index in [4.69, 9.17) is 0 Å². The van der Waals surface area contributed by atoms with Gasteiger partial charge in [0.1, 0.15) is 12.2 Å². The van der Waals surface area contributed by atoms with Crippen molar-refractivity contribution < 1.29 is 26.4 Å². The van der Waals surface area contributed by atoms with Gasteiger partial charge in [-0.05, 0) is 38.1 Å². The van der Waals surface area contributed by atoms with E-state index >= 15 is 0 Å². The number of nitrogens with zero attached hydrogens (tertiary/aromatic N) is 3. The lowest BCUT2D eigenvalue weighted by atomic mass is 9.81. The molecule has 0 atom stereocenters. The molecular formula is C22H25F3N4O3S. The van der Waals surface area contributed by atoms with Gasteiger partial charge in [0, 0.05) is 18.0 Å². The van der Waals surface area contributed by atoms with Crippen LogP contribution >= 0.6 is 0 Å². The zero-order chi connectivity index (χ0) is 24.9. The van der Waals surface area contributed by atoms with Crippen molar-refractivity contribution in [3.05, 3.63) is 77.9 Å². The molecule has 0 saturated heterocycles. The smallest absolute Gasteiger partial charge is 0.360 e. The number of allylic oxidation sites excluding steroid dienone is 3. The molecule has 0 bridgehead atoms. The minimum atomic E-state index is -4.42. The Bertz CT molecular complexity index is 1160. The van der Waals surface area contributed by atoms with E-state index in [9.17, 15) is 26.4 Å². The minimum absolute atomic E-state index is 0.0553. The lowest BCUT2D eigenvalue weighted by Crippen LogP contribution is -2.29. The topological polar surface area (TPSA) is 93.9 Å². The van der Waals surface area contributed by atoms with E-state index in [1.165, 1.54) is 56.0 Å². The van der Waals surface area contributed by atoms with Crippen molar-refractivity contribution in [2.45, 2.75) is 38.9 Å². The van der Waals surface area contributed by atoms with Gasteiger partial charge in [0.25, 0.3) is 0 Å². The Labute approximate surface area is 190 Å². The van der Waals surface area contributed by atoms with Gasteiger partial charge in [0.05, 0.1) is 34.2 Å². The Balaban J connectivity index is 2.13. The van der Waals surface area contributed by atoms with E-state index in [0.29, 0.717) is 11.3 Å². The Morgan fingerprint density at radius 2 is 1.94 bits per heavy atom. The molecule has 0 aliphatic carbocycles. The summed E-state index contributed by atoms with van der Waals surface area (Å²) in [7, 11) is -3.41. The highest BCUT2D eigenvalue weighted by Crippen LogP contribution is 2.28. The number of nitrogens with one attached hydrogen (secondary N) is 1. The first kappa shape index (κ1) is 26.0. The highest BCUT2D eigenvalue weighted by Gasteiger charge is 2.34. The first-order valence-corrected chi connectivity index (χ1v) is 11.5. The molecule has 11 heteroatoms. The average Bonchev–Trinajstić information content (AvgIpc) is 3.20. The van der Waals surface area contributed by atoms with Gasteiger partial charge in [-0.1, -0.05) is 19.6 Å². The van der Waals surface area contributed by atoms with Crippen LogP contribution in [0, 0.1) is 0 Å². The molecule has 0 unspecified atom stereocenters. The number of alkyl halides is 3. The van der Waals surface area contributed by atoms with E-state index in [-0.39, 0.29) is 22.1 Å². The molecule has 178 valence electrons. The number of ketones is 1. The van der Waals surface area contributed by atoms with Crippen LogP contribution in [0.2, 0.25) is 0 Å². The number of halogens is 3. The molecule has 0 aliphatic heterocycles. The summed E-state index contributed by atoms with van der Waals surface area (Å²) in [4.78, 5) is 17.2. The van der Waals surface area contributed by atoms with Gasteiger partial charge in [-0.15, -0.1) is 0 Å². The number of hydrogen-bond donors (Lipinski definition) is 1. The third-order valence-corrected chi connectivity index (χ3v) is 6.53. The molecule has 0 radical (unpaired) electrons. The molecule has 0 saturated carbocycles. The summed E-state index contributed by atoms with van der Waals surface area (Å²) in [6, 6.07) is 3.06. The van der Waals surface area contributed by atoms with E-state index in [1.807, 2.05) is 0 Å². The van der Waals surface area contributed by atoms with Crippen LogP contribution in [0.4, 0.5) is 18.9 Å². The number of rotatable bonds is 10. The Hall–Kier alpha value is -3.21. The van der Waals surface area contributed by atoms with Gasteiger partial charge in [-0.3, -0.25) is 14.5 Å². The monoisotopic (exact) mass is 482 g/mol. The molecule has 0 fully saturated rings. The molecule has 0 amide bonds. The summed E-state index contributed by atoms with van der Waals surface area (Å²) < 4.78 is 62.5. The molecule has 2 aromatic rings. The Kier molecular flexibility index (Phi) is 8.02. The molecule has 2 rings (SSSR count). The van der Waals surface area contributed by atoms with E-state index in [2.05, 4.69) is 22.0 Å². The fourth-order valence-corrected chi connectivity index (χ4v) is 3.70. The quantitative estimate of drug-likeness (QED) is 0.398. The number of hydrogen-bond acceptors (Lipinski definition) is 6. The van der Waals surface area contributed by atoms with Crippen molar-refractivity contribution in [3.8, 4) is 0 Å². The lowest BCUT2D eigenvalue weighted by Gasteiger charge is -2.21. The maximum Gasteiger partial charge on any atom is 0.408 e. The Morgan fingerprint density at radius 1 is 1.24 bits per heavy atom. The summed E-state index contributed by atoms with van der Waals surface area (Å²) in [6.45, 7) is 6.97. The van der Waals surface area contributed by atoms with Crippen molar-refractivity contribution in [1.82, 2.24) is 14.8 Å². The summed E-state index contributed by atoms with van der Waals surface area (Å²) >= 11 is 0. The predicted octanol–water partition coefficient (Wildman–Crippen LogP) is 4.43. The third kappa shape index (κ3) is 6.88. The van der Waals surface area contributed by atoms with Gasteiger partial charge in [-0.25, -0.2) is 8.42 Å². The van der Waals surface area contributed by atoms with Gasteiger partial charge < -0.3 is 5.32 Å². The standard InChI is InChI=1S/C22H25F3N4O3S/c1-5-7-18(33(31,32)6-2)10-11-26-17-8-9-19(27-13-17)20(30)21(3,4)16-12-28-29(14-16)15-22(23,24)25/h5,7-14,26H,1,6,15H2,2-4H3/b11-10-,18-7+. The zero-order valence-corrected chi connectivity index (χ0v) is 19.2. The SMILES string of the molecule is C=C/C=C(\C=C/Nc1ccc(C(=O)C(C)(C)c2cnn(CC(F)(F)F)c2)nc1)S(=O)(=O)CC. The first-order chi connectivity index (χ1) is 15.3. The van der Waals surface area contributed by atoms with E-state index in [1.54, 1.807) is 19.9 Å². The first-order valence-electron chi connectivity index (χ1n) is 9.89. The zero-order valence-electron chi connectivity index (χ0n) is 18.4. The van der Waals surface area contributed by atoms with Crippen molar-refractivity contribution in [2.24, 2.45) is 0 Å². The van der Waals surface area contributed by atoms with Crippen LogP contribution in [0.25, 0.3) is 0 Å². The number of pyridine rings is 1. The molecule has 0 aliphatic rings. The number of aromatic nitrogens is 3. The second-order valence-corrected chi connectivity index (χ2v) is 9.89.